The molecule has 2 aliphatic rings. The van der Waals surface area contributed by atoms with E-state index in [0.717, 1.165) is 12.8 Å². The van der Waals surface area contributed by atoms with Crippen molar-refractivity contribution in [3.8, 4) is 0 Å². The quantitative estimate of drug-likeness (QED) is 0.591. The number of esters is 1. The number of ether oxygens (including phenoxy) is 1. The molecule has 2 fully saturated rings. The molecule has 2 unspecified atom stereocenters. The van der Waals surface area contributed by atoms with Gasteiger partial charge in [0.2, 0.25) is 0 Å². The minimum atomic E-state index is -0.138. The van der Waals surface area contributed by atoms with Crippen LogP contribution in [0.4, 0.5) is 0 Å². The van der Waals surface area contributed by atoms with Crippen LogP contribution in [0.2, 0.25) is 0 Å². The topological polar surface area (TPSA) is 38.3 Å². The summed E-state index contributed by atoms with van der Waals surface area (Å²) in [5, 5.41) is 3.50. The highest BCUT2D eigenvalue weighted by molar-refractivity contribution is 5.66. The van der Waals surface area contributed by atoms with Gasteiger partial charge in [0, 0.05) is 19.0 Å². The number of fused-ring (bicyclic) bond motifs is 2. The summed E-state index contributed by atoms with van der Waals surface area (Å²) in [7, 11) is 0. The molecule has 2 atom stereocenters. The van der Waals surface area contributed by atoms with Crippen LogP contribution in [0.3, 0.4) is 0 Å². The Bertz CT molecular complexity index is 181. The van der Waals surface area contributed by atoms with Crippen LogP contribution in [0.1, 0.15) is 32.6 Å². The Morgan fingerprint density at radius 1 is 1.33 bits per heavy atom. The standard InChI is InChI=1S/C9H15NO2/c1-6(11)12-9-4-7-2-3-8(5-9)10-7/h7-10H,2-5H2,1H3. The van der Waals surface area contributed by atoms with Gasteiger partial charge >= 0.3 is 5.97 Å². The Morgan fingerprint density at radius 3 is 2.42 bits per heavy atom. The molecule has 0 aromatic heterocycles. The predicted octanol–water partition coefficient (Wildman–Crippen LogP) is 0.833. The lowest BCUT2D eigenvalue weighted by Crippen LogP contribution is -2.41. The van der Waals surface area contributed by atoms with Gasteiger partial charge in [-0.25, -0.2) is 0 Å². The maximum absolute atomic E-state index is 10.7. The lowest BCUT2D eigenvalue weighted by molar-refractivity contribution is -0.148. The molecule has 12 heavy (non-hydrogen) atoms. The van der Waals surface area contributed by atoms with E-state index in [0.29, 0.717) is 12.1 Å². The zero-order valence-electron chi connectivity index (χ0n) is 7.38. The van der Waals surface area contributed by atoms with E-state index >= 15 is 0 Å². The summed E-state index contributed by atoms with van der Waals surface area (Å²) in [4.78, 5) is 10.7. The van der Waals surface area contributed by atoms with E-state index in [4.69, 9.17) is 4.74 Å². The van der Waals surface area contributed by atoms with E-state index in [1.54, 1.807) is 0 Å². The van der Waals surface area contributed by atoms with Gasteiger partial charge in [0.15, 0.2) is 0 Å². The fourth-order valence-corrected chi connectivity index (χ4v) is 2.34. The van der Waals surface area contributed by atoms with E-state index in [9.17, 15) is 4.79 Å². The molecule has 0 aromatic carbocycles. The van der Waals surface area contributed by atoms with Crippen molar-refractivity contribution in [3.63, 3.8) is 0 Å². The van der Waals surface area contributed by atoms with Crippen molar-refractivity contribution in [2.24, 2.45) is 0 Å². The average molecular weight is 169 g/mol. The van der Waals surface area contributed by atoms with Crippen molar-refractivity contribution in [2.75, 3.05) is 0 Å². The molecule has 1 N–H and O–H groups in total. The van der Waals surface area contributed by atoms with Crippen LogP contribution in [0.15, 0.2) is 0 Å². The SMILES string of the molecule is CC(=O)OC1CC2CCC(C1)N2. The minimum Gasteiger partial charge on any atom is -0.462 e. The van der Waals surface area contributed by atoms with Crippen LogP contribution in [-0.4, -0.2) is 24.2 Å². The second-order valence-electron chi connectivity index (χ2n) is 3.84. The monoisotopic (exact) mass is 169 g/mol. The van der Waals surface area contributed by atoms with Gasteiger partial charge in [-0.3, -0.25) is 4.79 Å². The van der Waals surface area contributed by atoms with Crippen molar-refractivity contribution < 1.29 is 9.53 Å². The van der Waals surface area contributed by atoms with Crippen molar-refractivity contribution >= 4 is 5.97 Å². The van der Waals surface area contributed by atoms with Gasteiger partial charge in [-0.1, -0.05) is 0 Å². The highest BCUT2D eigenvalue weighted by Crippen LogP contribution is 2.28. The molecule has 2 saturated heterocycles. The molecule has 2 aliphatic heterocycles. The van der Waals surface area contributed by atoms with Crippen LogP contribution in [0, 0.1) is 0 Å². The summed E-state index contributed by atoms with van der Waals surface area (Å²) in [5.41, 5.74) is 0. The van der Waals surface area contributed by atoms with Gasteiger partial charge in [0.05, 0.1) is 0 Å². The fourth-order valence-electron chi connectivity index (χ4n) is 2.34. The van der Waals surface area contributed by atoms with E-state index in [1.165, 1.54) is 19.8 Å². The van der Waals surface area contributed by atoms with Gasteiger partial charge in [-0.15, -0.1) is 0 Å². The first-order chi connectivity index (χ1) is 5.74. The number of carbonyl (C=O) groups excluding carboxylic acids is 1. The molecule has 0 amide bonds. The van der Waals surface area contributed by atoms with Crippen molar-refractivity contribution in [1.82, 2.24) is 5.32 Å². The molecule has 68 valence electrons. The Kier molecular flexibility index (Phi) is 2.05. The molecule has 2 rings (SSSR count). The van der Waals surface area contributed by atoms with Crippen LogP contribution in [0.5, 0.6) is 0 Å². The number of rotatable bonds is 1. The maximum atomic E-state index is 10.7. The van der Waals surface area contributed by atoms with E-state index < -0.39 is 0 Å². The molecular formula is C9H15NO2. The fraction of sp³-hybridized carbons (Fsp3) is 0.889. The first-order valence-electron chi connectivity index (χ1n) is 4.67. The Labute approximate surface area is 72.5 Å². The molecular weight excluding hydrogens is 154 g/mol. The number of carbonyl (C=O) groups is 1. The predicted molar refractivity (Wildman–Crippen MR) is 44.7 cm³/mol. The molecule has 3 heteroatoms. The summed E-state index contributed by atoms with van der Waals surface area (Å²) in [6, 6.07) is 1.21. The van der Waals surface area contributed by atoms with Gasteiger partial charge in [0.25, 0.3) is 0 Å². The summed E-state index contributed by atoms with van der Waals surface area (Å²) >= 11 is 0. The molecule has 0 aliphatic carbocycles. The highest BCUT2D eigenvalue weighted by atomic mass is 16.5. The zero-order valence-corrected chi connectivity index (χ0v) is 7.38. The average Bonchev–Trinajstić information content (AvgIpc) is 2.29. The third-order valence-corrected chi connectivity index (χ3v) is 2.76. The largest absolute Gasteiger partial charge is 0.462 e. The maximum Gasteiger partial charge on any atom is 0.302 e. The Hall–Kier alpha value is -0.570. The minimum absolute atomic E-state index is 0.138. The lowest BCUT2D eigenvalue weighted by atomic mass is 10.0. The third-order valence-electron chi connectivity index (χ3n) is 2.76. The normalized spacial score (nSPS) is 39.6. The number of nitrogens with one attached hydrogen (secondary N) is 1. The smallest absolute Gasteiger partial charge is 0.302 e. The van der Waals surface area contributed by atoms with Crippen molar-refractivity contribution in [1.29, 1.82) is 0 Å². The summed E-state index contributed by atoms with van der Waals surface area (Å²) in [6.45, 7) is 1.49. The Morgan fingerprint density at radius 2 is 1.92 bits per heavy atom. The number of piperidine rings is 1. The molecule has 3 nitrogen and oxygen atoms in total. The van der Waals surface area contributed by atoms with Gasteiger partial charge < -0.3 is 10.1 Å². The van der Waals surface area contributed by atoms with Gasteiger partial charge in [0.1, 0.15) is 6.10 Å². The third kappa shape index (κ3) is 1.61. The second-order valence-corrected chi connectivity index (χ2v) is 3.84. The summed E-state index contributed by atoms with van der Waals surface area (Å²) in [5.74, 6) is -0.138. The lowest BCUT2D eigenvalue weighted by Gasteiger charge is -2.28. The molecule has 2 heterocycles. The number of hydrogen-bond donors (Lipinski definition) is 1. The van der Waals surface area contributed by atoms with E-state index in [2.05, 4.69) is 5.32 Å². The molecule has 0 aromatic rings. The zero-order chi connectivity index (χ0) is 8.55. The van der Waals surface area contributed by atoms with Gasteiger partial charge in [-0.2, -0.15) is 0 Å². The van der Waals surface area contributed by atoms with Crippen molar-refractivity contribution in [3.05, 3.63) is 0 Å². The van der Waals surface area contributed by atoms with Crippen LogP contribution in [-0.2, 0) is 9.53 Å². The summed E-state index contributed by atoms with van der Waals surface area (Å²) < 4.78 is 5.19. The first kappa shape index (κ1) is 8.05. The van der Waals surface area contributed by atoms with E-state index in [-0.39, 0.29) is 12.1 Å². The van der Waals surface area contributed by atoms with Crippen LogP contribution >= 0.6 is 0 Å². The highest BCUT2D eigenvalue weighted by Gasteiger charge is 2.34. The van der Waals surface area contributed by atoms with Crippen molar-refractivity contribution in [2.45, 2.75) is 50.8 Å². The number of hydrogen-bond acceptors (Lipinski definition) is 3. The van der Waals surface area contributed by atoms with Crippen LogP contribution < -0.4 is 5.32 Å². The molecule has 0 radical (unpaired) electrons. The molecule has 2 bridgehead atoms. The van der Waals surface area contributed by atoms with Gasteiger partial charge in [-0.05, 0) is 25.7 Å². The molecule has 0 saturated carbocycles. The summed E-state index contributed by atoms with van der Waals surface area (Å²) in [6.07, 6.45) is 4.71. The van der Waals surface area contributed by atoms with Crippen LogP contribution in [0.25, 0.3) is 0 Å². The second kappa shape index (κ2) is 3.05. The molecule has 0 spiro atoms. The first-order valence-corrected chi connectivity index (χ1v) is 4.67. The van der Waals surface area contributed by atoms with E-state index in [1.807, 2.05) is 0 Å². The Balaban J connectivity index is 1.89.